The molecule has 0 heterocycles. The van der Waals surface area contributed by atoms with Crippen LogP contribution in [0.4, 0.5) is 0 Å². The van der Waals surface area contributed by atoms with Crippen LogP contribution in [0.25, 0.3) is 0 Å². The van der Waals surface area contributed by atoms with E-state index < -0.39 is 0 Å². The summed E-state index contributed by atoms with van der Waals surface area (Å²) in [5, 5.41) is 3.62. The van der Waals surface area contributed by atoms with Crippen LogP contribution in [-0.2, 0) is 0 Å². The maximum Gasteiger partial charge on any atom is 0.0329 e. The van der Waals surface area contributed by atoms with E-state index in [2.05, 4.69) is 19.2 Å². The molecule has 3 N–H and O–H groups in total. The molecule has 0 spiro atoms. The van der Waals surface area contributed by atoms with Crippen LogP contribution in [0, 0.1) is 5.92 Å². The predicted octanol–water partition coefficient (Wildman–Crippen LogP) is 1.50. The van der Waals surface area contributed by atoms with Crippen molar-refractivity contribution in [3.63, 3.8) is 0 Å². The Morgan fingerprint density at radius 2 is 2.33 bits per heavy atom. The van der Waals surface area contributed by atoms with E-state index in [4.69, 9.17) is 5.73 Å². The normalized spacial score (nSPS) is 35.8. The second kappa shape index (κ2) is 4.24. The summed E-state index contributed by atoms with van der Waals surface area (Å²) >= 11 is 0. The first-order valence-electron chi connectivity index (χ1n) is 5.20. The number of hydrogen-bond donors (Lipinski definition) is 2. The molecule has 2 unspecified atom stereocenters. The molecule has 0 aromatic heterocycles. The average molecular weight is 170 g/mol. The van der Waals surface area contributed by atoms with Gasteiger partial charge in [0.2, 0.25) is 0 Å². The molecular weight excluding hydrogens is 148 g/mol. The minimum atomic E-state index is 0.274. The molecule has 2 atom stereocenters. The second-order valence-corrected chi connectivity index (χ2v) is 4.08. The van der Waals surface area contributed by atoms with E-state index >= 15 is 0 Å². The fourth-order valence-corrected chi connectivity index (χ4v) is 2.26. The van der Waals surface area contributed by atoms with Crippen molar-refractivity contribution in [2.24, 2.45) is 11.7 Å². The zero-order chi connectivity index (χ0) is 9.03. The molecule has 0 amide bonds. The molecule has 0 radical (unpaired) electrons. The maximum absolute atomic E-state index is 5.84. The molecule has 0 bridgehead atoms. The van der Waals surface area contributed by atoms with Gasteiger partial charge in [-0.3, -0.25) is 0 Å². The summed E-state index contributed by atoms with van der Waals surface area (Å²) in [5.74, 6) is 0.758. The lowest BCUT2D eigenvalue weighted by atomic mass is 9.88. The highest BCUT2D eigenvalue weighted by molar-refractivity contribution is 4.98. The van der Waals surface area contributed by atoms with Gasteiger partial charge >= 0.3 is 0 Å². The van der Waals surface area contributed by atoms with E-state index in [1.807, 2.05) is 0 Å². The molecule has 0 aromatic carbocycles. The van der Waals surface area contributed by atoms with Crippen molar-refractivity contribution in [1.29, 1.82) is 0 Å². The summed E-state index contributed by atoms with van der Waals surface area (Å²) in [4.78, 5) is 0. The first kappa shape index (κ1) is 10.0. The Bertz CT molecular complexity index is 136. The molecule has 12 heavy (non-hydrogen) atoms. The van der Waals surface area contributed by atoms with Crippen molar-refractivity contribution >= 4 is 0 Å². The van der Waals surface area contributed by atoms with Gasteiger partial charge in [-0.25, -0.2) is 0 Å². The molecule has 1 fully saturated rings. The SMILES string of the molecule is CCCNC1(CN)CCCC1C. The molecule has 2 heteroatoms. The zero-order valence-electron chi connectivity index (χ0n) is 8.40. The van der Waals surface area contributed by atoms with Crippen molar-refractivity contribution in [2.75, 3.05) is 13.1 Å². The number of nitrogens with two attached hydrogens (primary N) is 1. The summed E-state index contributed by atoms with van der Waals surface area (Å²) in [6, 6.07) is 0. The van der Waals surface area contributed by atoms with Gasteiger partial charge in [0.1, 0.15) is 0 Å². The van der Waals surface area contributed by atoms with Gasteiger partial charge in [0.05, 0.1) is 0 Å². The molecule has 1 aliphatic rings. The van der Waals surface area contributed by atoms with E-state index in [0.717, 1.165) is 19.0 Å². The summed E-state index contributed by atoms with van der Waals surface area (Å²) in [7, 11) is 0. The van der Waals surface area contributed by atoms with Gasteiger partial charge in [-0.1, -0.05) is 20.3 Å². The van der Waals surface area contributed by atoms with Crippen molar-refractivity contribution in [2.45, 2.75) is 45.1 Å². The van der Waals surface area contributed by atoms with Crippen LogP contribution in [0.1, 0.15) is 39.5 Å². The van der Waals surface area contributed by atoms with E-state index in [1.54, 1.807) is 0 Å². The lowest BCUT2D eigenvalue weighted by molar-refractivity contribution is 0.268. The number of nitrogens with one attached hydrogen (secondary N) is 1. The van der Waals surface area contributed by atoms with E-state index in [1.165, 1.54) is 25.7 Å². The molecule has 1 rings (SSSR count). The van der Waals surface area contributed by atoms with Gasteiger partial charge in [-0.2, -0.15) is 0 Å². The smallest absolute Gasteiger partial charge is 0.0329 e. The predicted molar refractivity (Wildman–Crippen MR) is 53.1 cm³/mol. The maximum atomic E-state index is 5.84. The minimum absolute atomic E-state index is 0.274. The van der Waals surface area contributed by atoms with Crippen LogP contribution < -0.4 is 11.1 Å². The second-order valence-electron chi connectivity index (χ2n) is 4.08. The third kappa shape index (κ3) is 1.80. The van der Waals surface area contributed by atoms with Crippen molar-refractivity contribution < 1.29 is 0 Å². The Morgan fingerprint density at radius 3 is 2.75 bits per heavy atom. The molecule has 1 saturated carbocycles. The number of hydrogen-bond acceptors (Lipinski definition) is 2. The van der Waals surface area contributed by atoms with Crippen LogP contribution >= 0.6 is 0 Å². The zero-order valence-corrected chi connectivity index (χ0v) is 8.40. The lowest BCUT2D eigenvalue weighted by Gasteiger charge is -2.33. The fraction of sp³-hybridized carbons (Fsp3) is 1.00. The van der Waals surface area contributed by atoms with E-state index in [9.17, 15) is 0 Å². The third-order valence-corrected chi connectivity index (χ3v) is 3.29. The van der Waals surface area contributed by atoms with Gasteiger partial charge in [0, 0.05) is 12.1 Å². The van der Waals surface area contributed by atoms with Crippen LogP contribution in [-0.4, -0.2) is 18.6 Å². The van der Waals surface area contributed by atoms with Crippen LogP contribution in [0.3, 0.4) is 0 Å². The van der Waals surface area contributed by atoms with Crippen molar-refractivity contribution in [3.8, 4) is 0 Å². The minimum Gasteiger partial charge on any atom is -0.329 e. The largest absolute Gasteiger partial charge is 0.329 e. The quantitative estimate of drug-likeness (QED) is 0.671. The molecule has 0 aromatic rings. The van der Waals surface area contributed by atoms with Gasteiger partial charge < -0.3 is 11.1 Å². The first-order chi connectivity index (χ1) is 5.75. The van der Waals surface area contributed by atoms with E-state index in [0.29, 0.717) is 0 Å². The Hall–Kier alpha value is -0.0800. The Kier molecular flexibility index (Phi) is 3.53. The van der Waals surface area contributed by atoms with Crippen LogP contribution in [0.5, 0.6) is 0 Å². The molecule has 0 saturated heterocycles. The molecule has 1 aliphatic carbocycles. The summed E-state index contributed by atoms with van der Waals surface area (Å²) < 4.78 is 0. The summed E-state index contributed by atoms with van der Waals surface area (Å²) in [5.41, 5.74) is 6.11. The Balaban J connectivity index is 2.49. The van der Waals surface area contributed by atoms with Crippen LogP contribution in [0.2, 0.25) is 0 Å². The average Bonchev–Trinajstić information content (AvgIpc) is 2.45. The molecule has 0 aliphatic heterocycles. The Morgan fingerprint density at radius 1 is 1.58 bits per heavy atom. The summed E-state index contributed by atoms with van der Waals surface area (Å²) in [6.07, 6.45) is 5.15. The van der Waals surface area contributed by atoms with Gasteiger partial charge in [0.15, 0.2) is 0 Å². The van der Waals surface area contributed by atoms with Crippen molar-refractivity contribution in [3.05, 3.63) is 0 Å². The lowest BCUT2D eigenvalue weighted by Crippen LogP contribution is -2.53. The van der Waals surface area contributed by atoms with Crippen molar-refractivity contribution in [1.82, 2.24) is 5.32 Å². The van der Waals surface area contributed by atoms with Gasteiger partial charge in [0.25, 0.3) is 0 Å². The molecule has 2 nitrogen and oxygen atoms in total. The van der Waals surface area contributed by atoms with Gasteiger partial charge in [-0.15, -0.1) is 0 Å². The van der Waals surface area contributed by atoms with E-state index in [-0.39, 0.29) is 5.54 Å². The number of rotatable bonds is 4. The standard InChI is InChI=1S/C10H22N2/c1-3-7-12-10(8-11)6-4-5-9(10)2/h9,12H,3-8,11H2,1-2H3. The highest BCUT2D eigenvalue weighted by Gasteiger charge is 2.37. The molecular formula is C10H22N2. The summed E-state index contributed by atoms with van der Waals surface area (Å²) in [6.45, 7) is 6.44. The fourth-order valence-electron chi connectivity index (χ4n) is 2.26. The Labute approximate surface area is 75.9 Å². The third-order valence-electron chi connectivity index (χ3n) is 3.29. The highest BCUT2D eigenvalue weighted by atomic mass is 15.0. The highest BCUT2D eigenvalue weighted by Crippen LogP contribution is 2.34. The first-order valence-corrected chi connectivity index (χ1v) is 5.20. The van der Waals surface area contributed by atoms with Crippen LogP contribution in [0.15, 0.2) is 0 Å². The monoisotopic (exact) mass is 170 g/mol. The molecule has 72 valence electrons. The van der Waals surface area contributed by atoms with Gasteiger partial charge in [-0.05, 0) is 31.7 Å². The topological polar surface area (TPSA) is 38.0 Å².